The number of rotatable bonds is 6. The maximum atomic E-state index is 12.4. The van der Waals surface area contributed by atoms with E-state index >= 15 is 0 Å². The highest BCUT2D eigenvalue weighted by Crippen LogP contribution is 2.47. The topological polar surface area (TPSA) is 84.0 Å². The van der Waals surface area contributed by atoms with E-state index in [9.17, 15) is 9.59 Å². The van der Waals surface area contributed by atoms with Gasteiger partial charge in [-0.2, -0.15) is 0 Å². The zero-order chi connectivity index (χ0) is 21.8. The number of nitrogens with one attached hydrogen (secondary N) is 2. The molecule has 2 amide bonds. The Bertz CT molecular complexity index is 1070. The van der Waals surface area contributed by atoms with Crippen LogP contribution in [0.3, 0.4) is 0 Å². The Hall–Kier alpha value is -3.19. The number of benzene rings is 2. The third kappa shape index (κ3) is 5.49. The zero-order valence-electron chi connectivity index (χ0n) is 17.5. The molecule has 1 aromatic heterocycles. The molecule has 0 radical (unpaired) electrons. The first kappa shape index (κ1) is 21.1. The van der Waals surface area contributed by atoms with Crippen molar-refractivity contribution >= 4 is 23.6 Å². The van der Waals surface area contributed by atoms with Crippen molar-refractivity contribution in [2.75, 3.05) is 0 Å². The molecule has 0 saturated heterocycles. The lowest BCUT2D eigenvalue weighted by atomic mass is 10.1. The third-order valence-electron chi connectivity index (χ3n) is 5.20. The minimum atomic E-state index is -0.331. The van der Waals surface area contributed by atoms with Crippen molar-refractivity contribution in [3.63, 3.8) is 0 Å². The van der Waals surface area contributed by atoms with Crippen LogP contribution >= 0.6 is 11.8 Å². The SMILES string of the molecule is Cc1cc(C)nc(SCc2ccc(C(=O)NNC(=O)C3CC3c3ccccc3)cc2)n1. The molecule has 3 aromatic rings. The number of thioether (sulfide) groups is 1. The highest BCUT2D eigenvalue weighted by Gasteiger charge is 2.43. The van der Waals surface area contributed by atoms with Crippen LogP contribution < -0.4 is 10.9 Å². The summed E-state index contributed by atoms with van der Waals surface area (Å²) in [6.45, 7) is 3.91. The van der Waals surface area contributed by atoms with E-state index in [0.717, 1.165) is 34.1 Å². The Morgan fingerprint density at radius 3 is 2.32 bits per heavy atom. The van der Waals surface area contributed by atoms with Gasteiger partial charge in [-0.1, -0.05) is 54.2 Å². The predicted molar refractivity (Wildman–Crippen MR) is 120 cm³/mol. The fourth-order valence-electron chi connectivity index (χ4n) is 3.49. The van der Waals surface area contributed by atoms with E-state index in [-0.39, 0.29) is 23.7 Å². The highest BCUT2D eigenvalue weighted by molar-refractivity contribution is 7.98. The lowest BCUT2D eigenvalue weighted by Gasteiger charge is -2.08. The first-order valence-corrected chi connectivity index (χ1v) is 11.2. The summed E-state index contributed by atoms with van der Waals surface area (Å²) in [5.41, 5.74) is 9.69. The number of aryl methyl sites for hydroxylation is 2. The maximum Gasteiger partial charge on any atom is 0.269 e. The van der Waals surface area contributed by atoms with Gasteiger partial charge in [0.1, 0.15) is 0 Å². The summed E-state index contributed by atoms with van der Waals surface area (Å²) in [6, 6.07) is 19.2. The lowest BCUT2D eigenvalue weighted by molar-refractivity contribution is -0.123. The number of aromatic nitrogens is 2. The summed E-state index contributed by atoms with van der Waals surface area (Å²) < 4.78 is 0. The second-order valence-electron chi connectivity index (χ2n) is 7.72. The van der Waals surface area contributed by atoms with E-state index in [1.165, 1.54) is 0 Å². The van der Waals surface area contributed by atoms with Crippen molar-refractivity contribution in [2.45, 2.75) is 37.1 Å². The molecular weight excluding hydrogens is 408 g/mol. The monoisotopic (exact) mass is 432 g/mol. The molecule has 1 saturated carbocycles. The van der Waals surface area contributed by atoms with E-state index in [4.69, 9.17) is 0 Å². The molecule has 0 spiro atoms. The summed E-state index contributed by atoms with van der Waals surface area (Å²) >= 11 is 1.56. The standard InChI is InChI=1S/C24H24N4O2S/c1-15-12-16(2)26-24(25-15)31-14-17-8-10-19(11-9-17)22(29)27-28-23(30)21-13-20(21)18-6-4-3-5-7-18/h3-12,20-21H,13-14H2,1-2H3,(H,27,29)(H,28,30). The molecule has 4 rings (SSSR count). The van der Waals surface area contributed by atoms with Gasteiger partial charge in [0.05, 0.1) is 0 Å². The van der Waals surface area contributed by atoms with Gasteiger partial charge < -0.3 is 0 Å². The molecule has 2 unspecified atom stereocenters. The molecule has 2 N–H and O–H groups in total. The quantitative estimate of drug-likeness (QED) is 0.350. The van der Waals surface area contributed by atoms with Gasteiger partial charge in [-0.3, -0.25) is 20.4 Å². The van der Waals surface area contributed by atoms with Crippen LogP contribution in [0.1, 0.15) is 45.2 Å². The van der Waals surface area contributed by atoms with E-state index in [1.54, 1.807) is 23.9 Å². The molecule has 2 aromatic carbocycles. The first-order valence-electron chi connectivity index (χ1n) is 10.2. The summed E-state index contributed by atoms with van der Waals surface area (Å²) in [4.78, 5) is 33.5. The number of amides is 2. The van der Waals surface area contributed by atoms with Crippen LogP contribution in [0, 0.1) is 19.8 Å². The molecular formula is C24H24N4O2S. The fraction of sp³-hybridized carbons (Fsp3) is 0.250. The van der Waals surface area contributed by atoms with Crippen molar-refractivity contribution in [1.82, 2.24) is 20.8 Å². The molecule has 1 aliphatic rings. The normalized spacial score (nSPS) is 17.1. The largest absolute Gasteiger partial charge is 0.273 e. The molecule has 158 valence electrons. The van der Waals surface area contributed by atoms with Gasteiger partial charge >= 0.3 is 0 Å². The third-order valence-corrected chi connectivity index (χ3v) is 6.12. The predicted octanol–water partition coefficient (Wildman–Crippen LogP) is 3.95. The Morgan fingerprint density at radius 1 is 0.968 bits per heavy atom. The zero-order valence-corrected chi connectivity index (χ0v) is 18.3. The number of nitrogens with zero attached hydrogens (tertiary/aromatic N) is 2. The molecule has 0 aliphatic heterocycles. The lowest BCUT2D eigenvalue weighted by Crippen LogP contribution is -2.42. The van der Waals surface area contributed by atoms with Crippen LogP contribution in [-0.4, -0.2) is 21.8 Å². The van der Waals surface area contributed by atoms with Crippen LogP contribution in [0.25, 0.3) is 0 Å². The Morgan fingerprint density at radius 2 is 1.65 bits per heavy atom. The molecule has 2 atom stereocenters. The molecule has 7 heteroatoms. The minimum Gasteiger partial charge on any atom is -0.273 e. The fourth-order valence-corrected chi connectivity index (χ4v) is 4.40. The van der Waals surface area contributed by atoms with Crippen LogP contribution in [0.15, 0.2) is 65.8 Å². The van der Waals surface area contributed by atoms with Gasteiger partial charge in [-0.05, 0) is 55.5 Å². The summed E-state index contributed by atoms with van der Waals surface area (Å²) in [7, 11) is 0. The van der Waals surface area contributed by atoms with Gasteiger partial charge in [0.25, 0.3) is 5.91 Å². The number of carbonyl (C=O) groups is 2. The average Bonchev–Trinajstić information content (AvgIpc) is 3.57. The van der Waals surface area contributed by atoms with Crippen LogP contribution in [0.2, 0.25) is 0 Å². The molecule has 1 aliphatic carbocycles. The van der Waals surface area contributed by atoms with E-state index in [2.05, 4.69) is 20.8 Å². The second kappa shape index (κ2) is 9.31. The van der Waals surface area contributed by atoms with Gasteiger partial charge in [0.2, 0.25) is 5.91 Å². The number of hydrogen-bond donors (Lipinski definition) is 2. The molecule has 1 heterocycles. The smallest absolute Gasteiger partial charge is 0.269 e. The van der Waals surface area contributed by atoms with Crippen molar-refractivity contribution in [2.24, 2.45) is 5.92 Å². The molecule has 0 bridgehead atoms. The van der Waals surface area contributed by atoms with Gasteiger partial charge in [-0.25, -0.2) is 9.97 Å². The van der Waals surface area contributed by atoms with Crippen molar-refractivity contribution < 1.29 is 9.59 Å². The summed E-state index contributed by atoms with van der Waals surface area (Å²) in [5.74, 6) is 0.376. The maximum absolute atomic E-state index is 12.4. The molecule has 31 heavy (non-hydrogen) atoms. The van der Waals surface area contributed by atoms with Crippen LogP contribution in [0.4, 0.5) is 0 Å². The summed E-state index contributed by atoms with van der Waals surface area (Å²) in [5, 5.41) is 0.746. The van der Waals surface area contributed by atoms with E-state index in [0.29, 0.717) is 11.3 Å². The Labute approximate surface area is 185 Å². The number of hydrazine groups is 1. The van der Waals surface area contributed by atoms with Gasteiger partial charge in [-0.15, -0.1) is 0 Å². The number of carbonyl (C=O) groups excluding carboxylic acids is 2. The van der Waals surface area contributed by atoms with Crippen molar-refractivity contribution in [3.8, 4) is 0 Å². The van der Waals surface area contributed by atoms with Crippen molar-refractivity contribution in [1.29, 1.82) is 0 Å². The Kier molecular flexibility index (Phi) is 6.32. The average molecular weight is 433 g/mol. The minimum absolute atomic E-state index is 0.0884. The Balaban J connectivity index is 1.25. The first-order chi connectivity index (χ1) is 15.0. The van der Waals surface area contributed by atoms with Crippen molar-refractivity contribution in [3.05, 3.63) is 88.7 Å². The second-order valence-corrected chi connectivity index (χ2v) is 8.66. The molecule has 1 fully saturated rings. The van der Waals surface area contributed by atoms with Crippen LogP contribution in [-0.2, 0) is 10.5 Å². The van der Waals surface area contributed by atoms with E-state index < -0.39 is 0 Å². The van der Waals surface area contributed by atoms with Crippen LogP contribution in [0.5, 0.6) is 0 Å². The highest BCUT2D eigenvalue weighted by atomic mass is 32.2. The van der Waals surface area contributed by atoms with E-state index in [1.807, 2.05) is 62.4 Å². The van der Waals surface area contributed by atoms with Gasteiger partial charge in [0, 0.05) is 28.6 Å². The van der Waals surface area contributed by atoms with Gasteiger partial charge in [0.15, 0.2) is 5.16 Å². The number of hydrogen-bond acceptors (Lipinski definition) is 5. The summed E-state index contributed by atoms with van der Waals surface area (Å²) in [6.07, 6.45) is 0.808. The molecule has 6 nitrogen and oxygen atoms in total.